The molecule has 0 aromatic heterocycles. The molecule has 0 fully saturated rings. The number of hydrogen-bond donors (Lipinski definition) is 1. The highest BCUT2D eigenvalue weighted by atomic mass is 16.5. The van der Waals surface area contributed by atoms with Crippen molar-refractivity contribution in [2.45, 2.75) is 0 Å². The third-order valence-electron chi connectivity index (χ3n) is 0.451. The van der Waals surface area contributed by atoms with Crippen LogP contribution in [0.5, 0.6) is 0 Å². The first-order valence-electron chi connectivity index (χ1n) is 2.13. The summed E-state index contributed by atoms with van der Waals surface area (Å²) in [5.74, 6) is 5.03. The number of carbonyl (C=O) groups is 1. The van der Waals surface area contributed by atoms with Gasteiger partial charge in [-0.05, 0) is 0 Å². The first-order chi connectivity index (χ1) is 3.91. The molecule has 0 aromatic rings. The van der Waals surface area contributed by atoms with Crippen LogP contribution in [0.2, 0.25) is 0 Å². The van der Waals surface area contributed by atoms with E-state index in [9.17, 15) is 4.79 Å². The van der Waals surface area contributed by atoms with Gasteiger partial charge < -0.3 is 10.5 Å². The van der Waals surface area contributed by atoms with Crippen molar-refractivity contribution in [2.24, 2.45) is 5.73 Å². The first-order valence-corrected chi connectivity index (χ1v) is 2.13. The molecule has 0 heterocycles. The standard InChI is InChI=1S/C5H7NO2/c6-3-1-2-4-8-5-7/h5H,3-4,6H2. The van der Waals surface area contributed by atoms with Crippen molar-refractivity contribution < 1.29 is 9.53 Å². The van der Waals surface area contributed by atoms with Crippen LogP contribution in [0.4, 0.5) is 0 Å². The minimum Gasteiger partial charge on any atom is -0.455 e. The van der Waals surface area contributed by atoms with Crippen molar-refractivity contribution in [3.05, 3.63) is 0 Å². The van der Waals surface area contributed by atoms with E-state index in [-0.39, 0.29) is 6.61 Å². The summed E-state index contributed by atoms with van der Waals surface area (Å²) in [6.07, 6.45) is 0. The van der Waals surface area contributed by atoms with Crippen LogP contribution in [0.25, 0.3) is 0 Å². The van der Waals surface area contributed by atoms with Gasteiger partial charge in [-0.1, -0.05) is 11.8 Å². The van der Waals surface area contributed by atoms with E-state index in [2.05, 4.69) is 16.6 Å². The Labute approximate surface area is 47.8 Å². The Kier molecular flexibility index (Phi) is 5.23. The summed E-state index contributed by atoms with van der Waals surface area (Å²) in [6, 6.07) is 0. The number of carbonyl (C=O) groups excluding carboxylic acids is 1. The summed E-state index contributed by atoms with van der Waals surface area (Å²) < 4.78 is 4.23. The quantitative estimate of drug-likeness (QED) is 0.287. The zero-order chi connectivity index (χ0) is 6.24. The third-order valence-corrected chi connectivity index (χ3v) is 0.451. The topological polar surface area (TPSA) is 52.3 Å². The van der Waals surface area contributed by atoms with Crippen LogP contribution in [0.15, 0.2) is 0 Å². The number of ether oxygens (including phenoxy) is 1. The molecule has 0 spiro atoms. The van der Waals surface area contributed by atoms with E-state index in [1.165, 1.54) is 0 Å². The highest BCUT2D eigenvalue weighted by Crippen LogP contribution is 1.60. The SMILES string of the molecule is NCC#CCOC=O. The Bertz CT molecular complexity index is 111. The van der Waals surface area contributed by atoms with Crippen molar-refractivity contribution >= 4 is 6.47 Å². The van der Waals surface area contributed by atoms with E-state index in [0.29, 0.717) is 13.0 Å². The van der Waals surface area contributed by atoms with Gasteiger partial charge in [0.2, 0.25) is 0 Å². The van der Waals surface area contributed by atoms with Gasteiger partial charge in [0.05, 0.1) is 6.54 Å². The Morgan fingerprint density at radius 2 is 2.38 bits per heavy atom. The van der Waals surface area contributed by atoms with E-state index in [4.69, 9.17) is 5.73 Å². The highest BCUT2D eigenvalue weighted by molar-refractivity contribution is 5.37. The molecule has 3 heteroatoms. The third kappa shape index (κ3) is 4.99. The number of hydrogen-bond acceptors (Lipinski definition) is 3. The maximum Gasteiger partial charge on any atom is 0.294 e. The molecule has 0 unspecified atom stereocenters. The molecule has 0 aromatic carbocycles. The van der Waals surface area contributed by atoms with Gasteiger partial charge in [0.15, 0.2) is 6.61 Å². The lowest BCUT2D eigenvalue weighted by Gasteiger charge is -1.82. The summed E-state index contributed by atoms with van der Waals surface area (Å²) >= 11 is 0. The smallest absolute Gasteiger partial charge is 0.294 e. The average molecular weight is 113 g/mol. The molecule has 0 bridgehead atoms. The maximum atomic E-state index is 9.45. The minimum absolute atomic E-state index is 0.140. The van der Waals surface area contributed by atoms with Crippen LogP contribution in [-0.4, -0.2) is 19.6 Å². The predicted octanol–water partition coefficient (Wildman–Crippen LogP) is -0.879. The lowest BCUT2D eigenvalue weighted by molar-refractivity contribution is -0.127. The predicted molar refractivity (Wildman–Crippen MR) is 28.8 cm³/mol. The van der Waals surface area contributed by atoms with Crippen LogP contribution in [0.1, 0.15) is 0 Å². The monoisotopic (exact) mass is 113 g/mol. The van der Waals surface area contributed by atoms with Crippen LogP contribution in [0, 0.1) is 11.8 Å². The Balaban J connectivity index is 3.02. The van der Waals surface area contributed by atoms with Gasteiger partial charge in [0, 0.05) is 0 Å². The molecule has 0 amide bonds. The molecule has 0 rings (SSSR count). The van der Waals surface area contributed by atoms with Crippen molar-refractivity contribution in [3.8, 4) is 11.8 Å². The summed E-state index contributed by atoms with van der Waals surface area (Å²) in [4.78, 5) is 9.45. The van der Waals surface area contributed by atoms with E-state index in [0.717, 1.165) is 0 Å². The second-order valence-corrected chi connectivity index (χ2v) is 0.965. The fraction of sp³-hybridized carbons (Fsp3) is 0.400. The zero-order valence-corrected chi connectivity index (χ0v) is 4.39. The Morgan fingerprint density at radius 1 is 1.62 bits per heavy atom. The summed E-state index contributed by atoms with van der Waals surface area (Å²) in [5.41, 5.74) is 4.99. The zero-order valence-electron chi connectivity index (χ0n) is 4.39. The van der Waals surface area contributed by atoms with Crippen molar-refractivity contribution in [1.82, 2.24) is 0 Å². The fourth-order valence-electron chi connectivity index (χ4n) is 0.199. The molecule has 44 valence electrons. The Hall–Kier alpha value is -1.01. The van der Waals surface area contributed by atoms with Crippen LogP contribution < -0.4 is 5.73 Å². The van der Waals surface area contributed by atoms with Gasteiger partial charge in [-0.3, -0.25) is 4.79 Å². The number of rotatable bonds is 2. The maximum absolute atomic E-state index is 9.45. The molecule has 0 atom stereocenters. The summed E-state index contributed by atoms with van der Waals surface area (Å²) in [6.45, 7) is 0.800. The molecule has 0 aliphatic carbocycles. The van der Waals surface area contributed by atoms with Gasteiger partial charge in [0.1, 0.15) is 0 Å². The average Bonchev–Trinajstić information content (AvgIpc) is 1.81. The van der Waals surface area contributed by atoms with Crippen LogP contribution >= 0.6 is 0 Å². The normalized spacial score (nSPS) is 6.62. The number of nitrogens with two attached hydrogens (primary N) is 1. The van der Waals surface area contributed by atoms with Crippen molar-refractivity contribution in [1.29, 1.82) is 0 Å². The van der Waals surface area contributed by atoms with Gasteiger partial charge in [-0.2, -0.15) is 0 Å². The van der Waals surface area contributed by atoms with Crippen LogP contribution in [0.3, 0.4) is 0 Å². The van der Waals surface area contributed by atoms with Gasteiger partial charge in [0.25, 0.3) is 6.47 Å². The van der Waals surface area contributed by atoms with Gasteiger partial charge in [-0.25, -0.2) is 0 Å². The summed E-state index contributed by atoms with van der Waals surface area (Å²) in [7, 11) is 0. The molecule has 2 N–H and O–H groups in total. The molecule has 0 aliphatic heterocycles. The largest absolute Gasteiger partial charge is 0.455 e. The highest BCUT2D eigenvalue weighted by Gasteiger charge is 1.69. The second-order valence-electron chi connectivity index (χ2n) is 0.965. The molecule has 0 saturated heterocycles. The lowest BCUT2D eigenvalue weighted by atomic mass is 10.6. The second kappa shape index (κ2) is 5.99. The molecule has 0 aliphatic rings. The van der Waals surface area contributed by atoms with E-state index in [1.54, 1.807) is 0 Å². The van der Waals surface area contributed by atoms with E-state index in [1.807, 2.05) is 0 Å². The molecular weight excluding hydrogens is 106 g/mol. The lowest BCUT2D eigenvalue weighted by Crippen LogP contribution is -1.94. The molecule has 3 nitrogen and oxygen atoms in total. The first kappa shape index (κ1) is 6.99. The van der Waals surface area contributed by atoms with E-state index >= 15 is 0 Å². The van der Waals surface area contributed by atoms with Crippen LogP contribution in [-0.2, 0) is 9.53 Å². The fourth-order valence-corrected chi connectivity index (χ4v) is 0.199. The minimum atomic E-state index is 0.140. The molecule has 0 radical (unpaired) electrons. The summed E-state index contributed by atoms with van der Waals surface area (Å²) in [5, 5.41) is 0. The van der Waals surface area contributed by atoms with Crippen molar-refractivity contribution in [2.75, 3.05) is 13.2 Å². The molecule has 8 heavy (non-hydrogen) atoms. The molecule has 0 saturated carbocycles. The van der Waals surface area contributed by atoms with Gasteiger partial charge in [-0.15, -0.1) is 0 Å². The Morgan fingerprint density at radius 3 is 2.88 bits per heavy atom. The molecular formula is C5H7NO2. The van der Waals surface area contributed by atoms with Gasteiger partial charge >= 0.3 is 0 Å². The van der Waals surface area contributed by atoms with Crippen molar-refractivity contribution in [3.63, 3.8) is 0 Å². The van der Waals surface area contributed by atoms with E-state index < -0.39 is 0 Å².